The fourth-order valence-electron chi connectivity index (χ4n) is 12.9. The van der Waals surface area contributed by atoms with Crippen molar-refractivity contribution in [2.45, 2.75) is 117 Å². The molecule has 5 saturated carbocycles. The van der Waals surface area contributed by atoms with Crippen LogP contribution in [-0.4, -0.2) is 41.1 Å². The van der Waals surface area contributed by atoms with Crippen LogP contribution in [0, 0.1) is 56.7 Å². The number of fused-ring (bicyclic) bond motifs is 7. The number of aliphatic hydroxyl groups is 2. The minimum atomic E-state index is -0.487. The summed E-state index contributed by atoms with van der Waals surface area (Å²) in [5.74, 6) is 1.95. The number of rotatable bonds is 5. The summed E-state index contributed by atoms with van der Waals surface area (Å²) < 4.78 is 12.3. The van der Waals surface area contributed by atoms with Gasteiger partial charge in [-0.15, -0.1) is 0 Å². The van der Waals surface area contributed by atoms with E-state index in [-0.39, 0.29) is 52.2 Å². The molecular weight excluding hydrogens is 524 g/mol. The number of esters is 1. The smallest absolute Gasteiger partial charge is 0.312 e. The van der Waals surface area contributed by atoms with E-state index in [4.69, 9.17) is 9.47 Å². The molecule has 1 aromatic carbocycles. The summed E-state index contributed by atoms with van der Waals surface area (Å²) in [7, 11) is 0. The number of carbonyl (C=O) groups is 1. The van der Waals surface area contributed by atoms with Gasteiger partial charge in [0.1, 0.15) is 12.2 Å². The van der Waals surface area contributed by atoms with Gasteiger partial charge in [0, 0.05) is 0 Å². The maximum Gasteiger partial charge on any atom is 0.312 e. The third-order valence-electron chi connectivity index (χ3n) is 15.5. The Morgan fingerprint density at radius 3 is 2.29 bits per heavy atom. The number of carbonyl (C=O) groups excluding carboxylic acids is 1. The summed E-state index contributed by atoms with van der Waals surface area (Å²) in [6.07, 6.45) is 10.2. The van der Waals surface area contributed by atoms with Crippen molar-refractivity contribution < 1.29 is 24.5 Å². The molecular formula is C37H54O5. The summed E-state index contributed by atoms with van der Waals surface area (Å²) in [5, 5.41) is 21.6. The largest absolute Gasteiger partial charge is 0.460 e. The molecule has 42 heavy (non-hydrogen) atoms. The topological polar surface area (TPSA) is 79.3 Å². The van der Waals surface area contributed by atoms with Gasteiger partial charge in [-0.3, -0.25) is 4.79 Å². The molecule has 5 nitrogen and oxygen atoms in total. The van der Waals surface area contributed by atoms with E-state index >= 15 is 0 Å². The second-order valence-electron chi connectivity index (χ2n) is 16.9. The maximum absolute atomic E-state index is 14.3. The molecule has 5 heteroatoms. The molecule has 1 aromatic rings. The monoisotopic (exact) mass is 578 g/mol. The van der Waals surface area contributed by atoms with Crippen LogP contribution in [0.5, 0.6) is 0 Å². The zero-order valence-electron chi connectivity index (χ0n) is 26.7. The van der Waals surface area contributed by atoms with Crippen LogP contribution in [0.4, 0.5) is 0 Å². The Kier molecular flexibility index (Phi) is 6.65. The fraction of sp³-hybridized carbons (Fsp3) is 0.811. The third kappa shape index (κ3) is 3.75. The lowest BCUT2D eigenvalue weighted by atomic mass is 9.32. The van der Waals surface area contributed by atoms with E-state index in [0.717, 1.165) is 50.5 Å². The lowest BCUT2D eigenvalue weighted by Crippen LogP contribution is -2.67. The van der Waals surface area contributed by atoms with Crippen molar-refractivity contribution in [2.24, 2.45) is 56.7 Å². The van der Waals surface area contributed by atoms with Crippen molar-refractivity contribution in [3.05, 3.63) is 35.9 Å². The quantitative estimate of drug-likeness (QED) is 0.293. The Bertz CT molecular complexity index is 1210. The van der Waals surface area contributed by atoms with Gasteiger partial charge in [-0.2, -0.15) is 0 Å². The van der Waals surface area contributed by atoms with Gasteiger partial charge in [-0.1, -0.05) is 65.0 Å². The molecule has 0 radical (unpaired) electrons. The first kappa shape index (κ1) is 29.3. The molecule has 1 heterocycles. The summed E-state index contributed by atoms with van der Waals surface area (Å²) in [4.78, 5) is 14.3. The molecule has 2 unspecified atom stereocenters. The highest BCUT2D eigenvalue weighted by Gasteiger charge is 2.74. The summed E-state index contributed by atoms with van der Waals surface area (Å²) in [6, 6.07) is 10.1. The van der Waals surface area contributed by atoms with Gasteiger partial charge in [-0.25, -0.2) is 0 Å². The van der Waals surface area contributed by atoms with Gasteiger partial charge in [0.05, 0.1) is 24.7 Å². The van der Waals surface area contributed by atoms with Gasteiger partial charge in [0.2, 0.25) is 0 Å². The molecule has 0 amide bonds. The summed E-state index contributed by atoms with van der Waals surface area (Å²) in [5.41, 5.74) is 0.548. The van der Waals surface area contributed by atoms with E-state index in [1.807, 2.05) is 30.3 Å². The first-order valence-corrected chi connectivity index (χ1v) is 17.0. The fourth-order valence-corrected chi connectivity index (χ4v) is 12.9. The van der Waals surface area contributed by atoms with Crippen LogP contribution in [0.15, 0.2) is 30.3 Å². The average Bonchev–Trinajstić information content (AvgIpc) is 3.67. The summed E-state index contributed by atoms with van der Waals surface area (Å²) in [6.45, 7) is 13.4. The molecule has 0 bridgehead atoms. The number of ether oxygens (including phenoxy) is 2. The van der Waals surface area contributed by atoms with Crippen LogP contribution >= 0.6 is 0 Å². The van der Waals surface area contributed by atoms with Gasteiger partial charge >= 0.3 is 5.97 Å². The molecule has 7 rings (SSSR count). The van der Waals surface area contributed by atoms with Crippen LogP contribution in [0.2, 0.25) is 0 Å². The zero-order chi connectivity index (χ0) is 29.8. The predicted molar refractivity (Wildman–Crippen MR) is 162 cm³/mol. The summed E-state index contributed by atoms with van der Waals surface area (Å²) >= 11 is 0. The first-order chi connectivity index (χ1) is 19.9. The maximum atomic E-state index is 14.3. The van der Waals surface area contributed by atoms with E-state index in [1.165, 1.54) is 19.3 Å². The van der Waals surface area contributed by atoms with E-state index in [1.54, 1.807) is 0 Å². The van der Waals surface area contributed by atoms with E-state index in [9.17, 15) is 15.0 Å². The van der Waals surface area contributed by atoms with Crippen molar-refractivity contribution in [1.82, 2.24) is 0 Å². The van der Waals surface area contributed by atoms with E-state index < -0.39 is 11.0 Å². The van der Waals surface area contributed by atoms with Gasteiger partial charge in [0.25, 0.3) is 0 Å². The predicted octanol–water partition coefficient (Wildman–Crippen LogP) is 6.93. The Balaban J connectivity index is 1.24. The highest BCUT2D eigenvalue weighted by Crippen LogP contribution is 2.78. The van der Waals surface area contributed by atoms with Crippen LogP contribution < -0.4 is 0 Å². The van der Waals surface area contributed by atoms with Crippen molar-refractivity contribution in [3.8, 4) is 0 Å². The van der Waals surface area contributed by atoms with Crippen molar-refractivity contribution >= 4 is 5.97 Å². The second kappa shape index (κ2) is 9.54. The van der Waals surface area contributed by atoms with E-state index in [0.29, 0.717) is 31.0 Å². The van der Waals surface area contributed by atoms with Crippen LogP contribution in [0.25, 0.3) is 0 Å². The highest BCUT2D eigenvalue weighted by molar-refractivity contribution is 5.78. The van der Waals surface area contributed by atoms with E-state index in [2.05, 4.69) is 34.6 Å². The third-order valence-corrected chi connectivity index (χ3v) is 15.5. The first-order valence-electron chi connectivity index (χ1n) is 17.0. The van der Waals surface area contributed by atoms with Crippen molar-refractivity contribution in [3.63, 3.8) is 0 Å². The van der Waals surface area contributed by atoms with Crippen molar-refractivity contribution in [1.29, 1.82) is 0 Å². The van der Waals surface area contributed by atoms with Crippen LogP contribution in [0.3, 0.4) is 0 Å². The highest BCUT2D eigenvalue weighted by atomic mass is 16.6. The van der Waals surface area contributed by atoms with Crippen LogP contribution in [-0.2, 0) is 20.9 Å². The average molecular weight is 579 g/mol. The molecule has 11 atom stereocenters. The lowest BCUT2D eigenvalue weighted by molar-refractivity contribution is -0.251. The number of benzene rings is 1. The molecule has 232 valence electrons. The number of epoxide rings is 1. The van der Waals surface area contributed by atoms with Gasteiger partial charge < -0.3 is 19.7 Å². The molecule has 2 N–H and O–H groups in total. The number of aliphatic hydroxyl groups excluding tert-OH is 2. The van der Waals surface area contributed by atoms with Gasteiger partial charge in [0.15, 0.2) is 0 Å². The number of hydrogen-bond acceptors (Lipinski definition) is 5. The van der Waals surface area contributed by atoms with Crippen LogP contribution in [0.1, 0.15) is 104 Å². The minimum Gasteiger partial charge on any atom is -0.460 e. The normalized spacial score (nSPS) is 50.5. The molecule has 5 aliphatic carbocycles. The Labute approximate surface area is 253 Å². The SMILES string of the molecule is CC1(C)[C@H](O)CC[C@]2(C)[C@H]3CCC4[C@@H]5[C@H](C6(CO)CO6)CC[C@]5(C(=O)OCc5ccccc5)CC[C@@]4(C)[C@]3(C)CC[C@@H]12. The standard InChI is InChI=1S/C37H54O5/c1-32(2)27-14-17-35(5)28(33(27,3)16-15-29(32)39)12-11-25-30-26(37(22-38)23-42-37)13-18-36(30,20-19-34(25,35)4)31(40)41-21-24-9-7-6-8-10-24/h6-10,25-30,38-39H,11-23H2,1-5H3/t25?,26-,27+,28-,29-,30-,33+,34-,35-,36+,37?/m1/s1. The lowest BCUT2D eigenvalue weighted by Gasteiger charge is -2.72. The molecule has 1 saturated heterocycles. The molecule has 1 aliphatic heterocycles. The Morgan fingerprint density at radius 2 is 1.60 bits per heavy atom. The molecule has 0 aromatic heterocycles. The molecule has 6 aliphatic rings. The zero-order valence-corrected chi connectivity index (χ0v) is 26.7. The number of hydrogen-bond donors (Lipinski definition) is 2. The van der Waals surface area contributed by atoms with Crippen molar-refractivity contribution in [2.75, 3.05) is 13.2 Å². The van der Waals surface area contributed by atoms with Gasteiger partial charge in [-0.05, 0) is 121 Å². The Morgan fingerprint density at radius 1 is 0.857 bits per heavy atom. The minimum absolute atomic E-state index is 0.0133. The second-order valence-corrected chi connectivity index (χ2v) is 16.9. The Hall–Kier alpha value is -1.43. The molecule has 6 fully saturated rings. The molecule has 0 spiro atoms.